The zero-order valence-corrected chi connectivity index (χ0v) is 16.9. The molecule has 4 N–H and O–H groups in total. The van der Waals surface area contributed by atoms with Gasteiger partial charge < -0.3 is 32.7 Å². The zero-order chi connectivity index (χ0) is 18.9. The Morgan fingerprint density at radius 3 is 2.31 bits per heavy atom. The molecule has 0 saturated heterocycles. The Morgan fingerprint density at radius 1 is 1.15 bits per heavy atom. The van der Waals surface area contributed by atoms with Gasteiger partial charge in [-0.1, -0.05) is 0 Å². The number of aliphatic hydroxyl groups excluding tert-OH is 1. The lowest BCUT2D eigenvalue weighted by molar-refractivity contribution is -0.688. The predicted octanol–water partition coefficient (Wildman–Crippen LogP) is -4.41. The largest absolute Gasteiger partial charge is 1.00 e. The summed E-state index contributed by atoms with van der Waals surface area (Å²) in [4.78, 5) is 29.2. The molecule has 0 fully saturated rings. The molecule has 0 saturated carbocycles. The third-order valence-electron chi connectivity index (χ3n) is 4.04. The molecule has 26 heavy (non-hydrogen) atoms. The third kappa shape index (κ3) is 4.46. The molecule has 0 radical (unpaired) electrons. The Labute approximate surface area is 158 Å². The van der Waals surface area contributed by atoms with Gasteiger partial charge in [-0.15, -0.1) is 0 Å². The summed E-state index contributed by atoms with van der Waals surface area (Å²) in [5, 5.41) is 15.6. The van der Waals surface area contributed by atoms with Crippen LogP contribution in [-0.4, -0.2) is 48.5 Å². The van der Waals surface area contributed by atoms with E-state index in [0.717, 1.165) is 4.57 Å². The first-order valence-corrected chi connectivity index (χ1v) is 8.57. The second-order valence-corrected chi connectivity index (χ2v) is 7.09. The number of aryl methyl sites for hydroxylation is 1. The Morgan fingerprint density at radius 2 is 1.77 bits per heavy atom. The number of hydrogen-bond acceptors (Lipinski definition) is 5. The number of imidazole rings is 1. The Bertz CT molecular complexity index is 867. The molecule has 2 rings (SSSR count). The summed E-state index contributed by atoms with van der Waals surface area (Å²) >= 11 is 0. The Balaban J connectivity index is 0.00000338. The van der Waals surface area contributed by atoms with Crippen molar-refractivity contribution in [1.82, 2.24) is 18.7 Å². The molecule has 2 aromatic rings. The topological polar surface area (TPSA) is 111 Å². The van der Waals surface area contributed by atoms with Gasteiger partial charge in [-0.2, -0.15) is 4.98 Å². The molecule has 1 unspecified atom stereocenters. The van der Waals surface area contributed by atoms with Gasteiger partial charge in [0.25, 0.3) is 5.56 Å². The molecule has 0 aliphatic carbocycles. The zero-order valence-electron chi connectivity index (χ0n) is 16.2. The highest BCUT2D eigenvalue weighted by atomic mass is 35.5. The number of aliphatic hydroxyl groups is 1. The predicted molar refractivity (Wildman–Crippen MR) is 96.9 cm³/mol. The standard InChI is InChI=1S/C16H28N6O3.ClH/c1-9(2)17-7-11(23)8-22-12-13(19-15(22)18-10(3)4)20(5)16(25)21(6)14(12)24;/h9-11,17,23H,7-8H2,1-6H3,(H,18,19);1H. The molecule has 0 aromatic carbocycles. The minimum absolute atomic E-state index is 0. The molecule has 0 aliphatic rings. The molecule has 0 bridgehead atoms. The van der Waals surface area contributed by atoms with Crippen LogP contribution in [0, 0.1) is 0 Å². The van der Waals surface area contributed by atoms with E-state index in [0.29, 0.717) is 29.7 Å². The molecule has 10 heteroatoms. The van der Waals surface area contributed by atoms with E-state index in [9.17, 15) is 14.7 Å². The smallest absolute Gasteiger partial charge is 0.332 e. The summed E-state index contributed by atoms with van der Waals surface area (Å²) in [7, 11) is 3.03. The number of nitrogens with one attached hydrogen (secondary N) is 1. The summed E-state index contributed by atoms with van der Waals surface area (Å²) in [6.45, 7) is 8.77. The fourth-order valence-corrected chi connectivity index (χ4v) is 2.71. The van der Waals surface area contributed by atoms with Gasteiger partial charge in [-0.05, 0) is 27.7 Å². The summed E-state index contributed by atoms with van der Waals surface area (Å²) < 4.78 is 4.09. The lowest BCUT2D eigenvalue weighted by atomic mass is 10.3. The fourth-order valence-electron chi connectivity index (χ4n) is 2.71. The average Bonchev–Trinajstić information content (AvgIpc) is 2.86. The molecule has 0 spiro atoms. The van der Waals surface area contributed by atoms with Crippen LogP contribution in [0.5, 0.6) is 0 Å². The van der Waals surface area contributed by atoms with Crippen molar-refractivity contribution in [3.05, 3.63) is 20.8 Å². The van der Waals surface area contributed by atoms with E-state index in [2.05, 4.69) is 24.1 Å². The van der Waals surface area contributed by atoms with Crippen LogP contribution in [0.4, 0.5) is 5.95 Å². The van der Waals surface area contributed by atoms with Crippen LogP contribution in [-0.2, 0) is 20.6 Å². The lowest BCUT2D eigenvalue weighted by Gasteiger charge is -2.16. The van der Waals surface area contributed by atoms with Crippen LogP contribution < -0.4 is 34.3 Å². The molecular formula is C16H29ClN6O3. The maximum absolute atomic E-state index is 12.6. The minimum Gasteiger partial charge on any atom is -1.00 e. The fraction of sp³-hybridized carbons (Fsp3) is 0.688. The second-order valence-electron chi connectivity index (χ2n) is 7.09. The number of rotatable bonds is 7. The molecule has 0 aliphatic heterocycles. The highest BCUT2D eigenvalue weighted by Crippen LogP contribution is 2.16. The normalized spacial score (nSPS) is 12.7. The van der Waals surface area contributed by atoms with Crippen molar-refractivity contribution in [1.29, 1.82) is 0 Å². The van der Waals surface area contributed by atoms with Gasteiger partial charge >= 0.3 is 5.69 Å². The summed E-state index contributed by atoms with van der Waals surface area (Å²) in [5.41, 5.74) is -0.206. The number of anilines is 1. The molecule has 0 amide bonds. The van der Waals surface area contributed by atoms with E-state index in [1.54, 1.807) is 11.6 Å². The number of hydrogen-bond donors (Lipinski definition) is 3. The highest BCUT2D eigenvalue weighted by Gasteiger charge is 2.21. The van der Waals surface area contributed by atoms with Crippen LogP contribution in [0.25, 0.3) is 11.2 Å². The van der Waals surface area contributed by atoms with Crippen molar-refractivity contribution in [2.24, 2.45) is 14.1 Å². The third-order valence-corrected chi connectivity index (χ3v) is 4.04. The SMILES string of the molecule is CC(C)Nc1nc2c(c(=O)n(C)c(=O)n2C)n1CC(O)C[NH2+]C(C)C.[Cl-]. The quantitative estimate of drug-likeness (QED) is 0.443. The van der Waals surface area contributed by atoms with Crippen LogP contribution in [0.15, 0.2) is 9.59 Å². The van der Waals surface area contributed by atoms with E-state index < -0.39 is 17.4 Å². The highest BCUT2D eigenvalue weighted by molar-refractivity contribution is 5.74. The van der Waals surface area contributed by atoms with Gasteiger partial charge in [-0.3, -0.25) is 13.9 Å². The second kappa shape index (κ2) is 8.70. The van der Waals surface area contributed by atoms with E-state index in [1.807, 2.05) is 19.2 Å². The number of halogens is 1. The average molecular weight is 389 g/mol. The van der Waals surface area contributed by atoms with Crippen LogP contribution in [0.3, 0.4) is 0 Å². The first-order valence-electron chi connectivity index (χ1n) is 8.57. The van der Waals surface area contributed by atoms with E-state index in [1.165, 1.54) is 11.6 Å². The van der Waals surface area contributed by atoms with Gasteiger partial charge in [0.2, 0.25) is 5.95 Å². The van der Waals surface area contributed by atoms with Crippen LogP contribution >= 0.6 is 0 Å². The maximum Gasteiger partial charge on any atom is 0.332 e. The number of nitrogens with zero attached hydrogens (tertiary/aromatic N) is 4. The summed E-state index contributed by atoms with van der Waals surface area (Å²) in [5.74, 6) is 0.479. The lowest BCUT2D eigenvalue weighted by Crippen LogP contribution is -3.00. The van der Waals surface area contributed by atoms with Gasteiger partial charge in [0.1, 0.15) is 12.6 Å². The van der Waals surface area contributed by atoms with Crippen LogP contribution in [0.1, 0.15) is 27.7 Å². The van der Waals surface area contributed by atoms with E-state index in [4.69, 9.17) is 0 Å². The molecule has 9 nitrogen and oxygen atoms in total. The van der Waals surface area contributed by atoms with Gasteiger partial charge in [0.05, 0.1) is 12.6 Å². The summed E-state index contributed by atoms with van der Waals surface area (Å²) in [6, 6.07) is 0.465. The van der Waals surface area contributed by atoms with Gasteiger partial charge in [-0.25, -0.2) is 4.79 Å². The van der Waals surface area contributed by atoms with Crippen molar-refractivity contribution < 1.29 is 22.8 Å². The van der Waals surface area contributed by atoms with Gasteiger partial charge in [0.15, 0.2) is 11.2 Å². The minimum atomic E-state index is -0.644. The van der Waals surface area contributed by atoms with Crippen LogP contribution in [0.2, 0.25) is 0 Å². The van der Waals surface area contributed by atoms with E-state index in [-0.39, 0.29) is 25.0 Å². The van der Waals surface area contributed by atoms with Crippen molar-refractivity contribution in [3.8, 4) is 0 Å². The number of fused-ring (bicyclic) bond motifs is 1. The molecule has 2 aromatic heterocycles. The molecule has 2 heterocycles. The molecule has 1 atom stereocenters. The maximum atomic E-state index is 12.6. The number of quaternary nitrogens is 1. The number of aromatic nitrogens is 4. The van der Waals surface area contributed by atoms with Crippen molar-refractivity contribution in [3.63, 3.8) is 0 Å². The van der Waals surface area contributed by atoms with Gasteiger partial charge in [0, 0.05) is 20.1 Å². The number of nitrogens with two attached hydrogens (primary N) is 1. The van der Waals surface area contributed by atoms with Crippen molar-refractivity contribution in [2.45, 2.75) is 52.4 Å². The summed E-state index contributed by atoms with van der Waals surface area (Å²) in [6.07, 6.45) is -0.644. The Kier molecular flexibility index (Phi) is 7.43. The molecular weight excluding hydrogens is 360 g/mol. The van der Waals surface area contributed by atoms with Crippen molar-refractivity contribution in [2.75, 3.05) is 11.9 Å². The molecule has 148 valence electrons. The van der Waals surface area contributed by atoms with Crippen molar-refractivity contribution >= 4 is 17.1 Å². The first kappa shape index (κ1) is 22.2. The van der Waals surface area contributed by atoms with E-state index >= 15 is 0 Å². The Hall–Kier alpha value is -1.84. The monoisotopic (exact) mass is 388 g/mol. The first-order chi connectivity index (χ1) is 11.6.